The van der Waals surface area contributed by atoms with Crippen LogP contribution >= 0.6 is 0 Å². The van der Waals surface area contributed by atoms with Crippen LogP contribution in [0.15, 0.2) is 12.1 Å². The standard InChI is InChI=1S/C14H25N3/c1-10(2)16(6)13-8-9-14(15-12(13)5)17(7)11(3)4/h8-11H,1-7H3. The third-order valence-corrected chi connectivity index (χ3v) is 3.33. The lowest BCUT2D eigenvalue weighted by molar-refractivity contribution is 0.733. The van der Waals surface area contributed by atoms with E-state index in [1.54, 1.807) is 0 Å². The molecule has 1 rings (SSSR count). The average molecular weight is 235 g/mol. The molecule has 0 saturated heterocycles. The van der Waals surface area contributed by atoms with Gasteiger partial charge in [-0.3, -0.25) is 0 Å². The number of pyridine rings is 1. The summed E-state index contributed by atoms with van der Waals surface area (Å²) in [6.07, 6.45) is 0. The maximum atomic E-state index is 4.68. The molecule has 96 valence electrons. The molecule has 3 nitrogen and oxygen atoms in total. The molecule has 0 spiro atoms. The van der Waals surface area contributed by atoms with Crippen LogP contribution in [0.1, 0.15) is 33.4 Å². The first kappa shape index (κ1) is 13.8. The van der Waals surface area contributed by atoms with Crippen LogP contribution in [-0.2, 0) is 0 Å². The van der Waals surface area contributed by atoms with Crippen molar-refractivity contribution in [2.75, 3.05) is 23.9 Å². The van der Waals surface area contributed by atoms with E-state index in [9.17, 15) is 0 Å². The van der Waals surface area contributed by atoms with Crippen molar-refractivity contribution in [1.82, 2.24) is 4.98 Å². The van der Waals surface area contributed by atoms with Crippen molar-refractivity contribution in [3.8, 4) is 0 Å². The zero-order valence-corrected chi connectivity index (χ0v) is 12.2. The molecular formula is C14H25N3. The van der Waals surface area contributed by atoms with Crippen LogP contribution in [0.2, 0.25) is 0 Å². The van der Waals surface area contributed by atoms with Gasteiger partial charge in [0, 0.05) is 26.2 Å². The molecule has 0 atom stereocenters. The molecule has 0 aromatic carbocycles. The lowest BCUT2D eigenvalue weighted by Crippen LogP contribution is -2.29. The number of anilines is 2. The van der Waals surface area contributed by atoms with E-state index in [1.165, 1.54) is 5.69 Å². The lowest BCUT2D eigenvalue weighted by Gasteiger charge is -2.27. The number of aryl methyl sites for hydroxylation is 1. The van der Waals surface area contributed by atoms with E-state index >= 15 is 0 Å². The van der Waals surface area contributed by atoms with Gasteiger partial charge in [-0.15, -0.1) is 0 Å². The summed E-state index contributed by atoms with van der Waals surface area (Å²) in [6.45, 7) is 10.8. The quantitative estimate of drug-likeness (QED) is 0.799. The molecule has 0 N–H and O–H groups in total. The Hall–Kier alpha value is -1.25. The molecule has 1 heterocycles. The molecule has 0 aliphatic carbocycles. The van der Waals surface area contributed by atoms with E-state index in [2.05, 4.69) is 75.6 Å². The summed E-state index contributed by atoms with van der Waals surface area (Å²) in [6, 6.07) is 5.22. The smallest absolute Gasteiger partial charge is 0.128 e. The van der Waals surface area contributed by atoms with Gasteiger partial charge in [0.05, 0.1) is 11.4 Å². The van der Waals surface area contributed by atoms with Crippen molar-refractivity contribution in [3.05, 3.63) is 17.8 Å². The summed E-state index contributed by atoms with van der Waals surface area (Å²) in [5.41, 5.74) is 2.30. The Morgan fingerprint density at radius 2 is 1.47 bits per heavy atom. The average Bonchev–Trinajstić information content (AvgIpc) is 2.26. The summed E-state index contributed by atoms with van der Waals surface area (Å²) in [5.74, 6) is 1.04. The Balaban J connectivity index is 3.02. The van der Waals surface area contributed by atoms with Crippen LogP contribution in [0.3, 0.4) is 0 Å². The zero-order valence-electron chi connectivity index (χ0n) is 12.2. The first-order chi connectivity index (χ1) is 7.84. The summed E-state index contributed by atoms with van der Waals surface area (Å²) in [7, 11) is 4.19. The minimum Gasteiger partial charge on any atom is -0.371 e. The highest BCUT2D eigenvalue weighted by molar-refractivity contribution is 5.55. The van der Waals surface area contributed by atoms with Gasteiger partial charge < -0.3 is 9.80 Å². The SMILES string of the molecule is Cc1nc(N(C)C(C)C)ccc1N(C)C(C)C. The number of aromatic nitrogens is 1. The maximum Gasteiger partial charge on any atom is 0.128 e. The molecule has 0 unspecified atom stereocenters. The maximum absolute atomic E-state index is 4.68. The minimum absolute atomic E-state index is 0.468. The van der Waals surface area contributed by atoms with Crippen molar-refractivity contribution in [1.29, 1.82) is 0 Å². The number of rotatable bonds is 4. The van der Waals surface area contributed by atoms with Crippen molar-refractivity contribution >= 4 is 11.5 Å². The van der Waals surface area contributed by atoms with Gasteiger partial charge in [-0.2, -0.15) is 0 Å². The second-order valence-corrected chi connectivity index (χ2v) is 5.18. The Morgan fingerprint density at radius 3 is 1.88 bits per heavy atom. The number of hydrogen-bond acceptors (Lipinski definition) is 3. The van der Waals surface area contributed by atoms with Gasteiger partial charge >= 0.3 is 0 Å². The Bertz CT molecular complexity index is 372. The second-order valence-electron chi connectivity index (χ2n) is 5.18. The minimum atomic E-state index is 0.468. The molecule has 0 fully saturated rings. The molecule has 0 aliphatic heterocycles. The molecule has 0 radical (unpaired) electrons. The van der Waals surface area contributed by atoms with Gasteiger partial charge in [-0.1, -0.05) is 0 Å². The summed E-state index contributed by atoms with van der Waals surface area (Å²) >= 11 is 0. The van der Waals surface area contributed by atoms with Crippen LogP contribution in [0.25, 0.3) is 0 Å². The first-order valence-corrected chi connectivity index (χ1v) is 6.28. The van der Waals surface area contributed by atoms with Crippen LogP contribution < -0.4 is 9.80 Å². The fraction of sp³-hybridized carbons (Fsp3) is 0.643. The van der Waals surface area contributed by atoms with Gasteiger partial charge in [0.2, 0.25) is 0 Å². The monoisotopic (exact) mass is 235 g/mol. The highest BCUT2D eigenvalue weighted by Crippen LogP contribution is 2.23. The Kier molecular flexibility index (Phi) is 4.38. The molecule has 1 aromatic heterocycles. The molecule has 0 saturated carbocycles. The van der Waals surface area contributed by atoms with E-state index in [4.69, 9.17) is 0 Å². The Morgan fingerprint density at radius 1 is 0.941 bits per heavy atom. The van der Waals surface area contributed by atoms with E-state index in [-0.39, 0.29) is 0 Å². The van der Waals surface area contributed by atoms with Crippen molar-refractivity contribution < 1.29 is 0 Å². The lowest BCUT2D eigenvalue weighted by atomic mass is 10.2. The van der Waals surface area contributed by atoms with Crippen LogP contribution in [0.5, 0.6) is 0 Å². The topological polar surface area (TPSA) is 19.4 Å². The van der Waals surface area contributed by atoms with E-state index in [1.807, 2.05) is 0 Å². The van der Waals surface area contributed by atoms with Gasteiger partial charge in [-0.05, 0) is 46.8 Å². The predicted molar refractivity (Wildman–Crippen MR) is 76.1 cm³/mol. The van der Waals surface area contributed by atoms with E-state index in [0.717, 1.165) is 11.5 Å². The number of hydrogen-bond donors (Lipinski definition) is 0. The molecule has 0 bridgehead atoms. The van der Waals surface area contributed by atoms with Crippen LogP contribution in [0.4, 0.5) is 11.5 Å². The van der Waals surface area contributed by atoms with Crippen LogP contribution in [0, 0.1) is 6.92 Å². The highest BCUT2D eigenvalue weighted by atomic mass is 15.2. The molecule has 1 aromatic rings. The van der Waals surface area contributed by atoms with Gasteiger partial charge in [0.1, 0.15) is 5.82 Å². The number of nitrogens with zero attached hydrogens (tertiary/aromatic N) is 3. The van der Waals surface area contributed by atoms with Gasteiger partial charge in [0.15, 0.2) is 0 Å². The van der Waals surface area contributed by atoms with E-state index < -0.39 is 0 Å². The van der Waals surface area contributed by atoms with Crippen molar-refractivity contribution in [3.63, 3.8) is 0 Å². The largest absolute Gasteiger partial charge is 0.371 e. The molecule has 3 heteroatoms. The third kappa shape index (κ3) is 3.11. The second kappa shape index (κ2) is 5.39. The third-order valence-electron chi connectivity index (χ3n) is 3.33. The zero-order chi connectivity index (χ0) is 13.2. The molecule has 0 aliphatic rings. The fourth-order valence-electron chi connectivity index (χ4n) is 1.65. The predicted octanol–water partition coefficient (Wildman–Crippen LogP) is 3.08. The van der Waals surface area contributed by atoms with Crippen molar-refractivity contribution in [2.45, 2.75) is 46.7 Å². The van der Waals surface area contributed by atoms with E-state index in [0.29, 0.717) is 12.1 Å². The first-order valence-electron chi connectivity index (χ1n) is 6.28. The van der Waals surface area contributed by atoms with Crippen molar-refractivity contribution in [2.24, 2.45) is 0 Å². The highest BCUT2D eigenvalue weighted by Gasteiger charge is 2.12. The summed E-state index contributed by atoms with van der Waals surface area (Å²) in [4.78, 5) is 9.12. The fourth-order valence-corrected chi connectivity index (χ4v) is 1.65. The van der Waals surface area contributed by atoms with Gasteiger partial charge in [-0.25, -0.2) is 4.98 Å². The summed E-state index contributed by atoms with van der Waals surface area (Å²) in [5, 5.41) is 0. The Labute approximate surface area is 105 Å². The summed E-state index contributed by atoms with van der Waals surface area (Å²) < 4.78 is 0. The molecular weight excluding hydrogens is 210 g/mol. The molecule has 0 amide bonds. The molecule has 17 heavy (non-hydrogen) atoms. The van der Waals surface area contributed by atoms with Gasteiger partial charge in [0.25, 0.3) is 0 Å². The van der Waals surface area contributed by atoms with Crippen LogP contribution in [-0.4, -0.2) is 31.2 Å². The normalized spacial score (nSPS) is 11.1.